The van der Waals surface area contributed by atoms with Gasteiger partial charge < -0.3 is 19.7 Å². The first-order valence-electron chi connectivity index (χ1n) is 8.62. The van der Waals surface area contributed by atoms with Crippen molar-refractivity contribution >= 4 is 11.9 Å². The highest BCUT2D eigenvalue weighted by Crippen LogP contribution is 2.35. The lowest BCUT2D eigenvalue weighted by atomic mass is 9.83. The maximum absolute atomic E-state index is 12.2. The van der Waals surface area contributed by atoms with Gasteiger partial charge in [0.05, 0.1) is 12.0 Å². The van der Waals surface area contributed by atoms with Crippen LogP contribution in [-0.2, 0) is 19.1 Å². The van der Waals surface area contributed by atoms with Crippen LogP contribution in [0.3, 0.4) is 0 Å². The Morgan fingerprint density at radius 1 is 1.35 bits per heavy atom. The number of carbonyl (C=O) groups excluding carboxylic acids is 2. The van der Waals surface area contributed by atoms with Gasteiger partial charge in [0.15, 0.2) is 0 Å². The largest absolute Gasteiger partial charge is 0.454 e. The molecule has 26 heavy (non-hydrogen) atoms. The molecule has 5 atom stereocenters. The van der Waals surface area contributed by atoms with Crippen molar-refractivity contribution in [2.24, 2.45) is 5.92 Å². The van der Waals surface area contributed by atoms with Crippen LogP contribution in [0.25, 0.3) is 0 Å². The molecule has 0 saturated carbocycles. The summed E-state index contributed by atoms with van der Waals surface area (Å²) in [4.78, 5) is 24.2. The molecule has 0 radical (unpaired) electrons. The lowest BCUT2D eigenvalue weighted by molar-refractivity contribution is -0.150. The van der Waals surface area contributed by atoms with Crippen molar-refractivity contribution in [2.75, 3.05) is 0 Å². The van der Waals surface area contributed by atoms with E-state index in [0.29, 0.717) is 23.1 Å². The monoisotopic (exact) mass is 362 g/mol. The number of carbonyl (C=O) groups is 2. The number of ether oxygens (including phenoxy) is 2. The Bertz CT molecular complexity index is 699. The van der Waals surface area contributed by atoms with E-state index in [9.17, 15) is 19.8 Å². The highest BCUT2D eigenvalue weighted by atomic mass is 16.6. The van der Waals surface area contributed by atoms with Gasteiger partial charge in [-0.05, 0) is 51.3 Å². The first kappa shape index (κ1) is 20.1. The lowest BCUT2D eigenvalue weighted by Gasteiger charge is -2.31. The smallest absolute Gasteiger partial charge is 0.334 e. The van der Waals surface area contributed by atoms with Gasteiger partial charge in [-0.15, -0.1) is 0 Å². The minimum absolute atomic E-state index is 0.123. The average Bonchev–Trinajstić information content (AvgIpc) is 2.88. The van der Waals surface area contributed by atoms with E-state index >= 15 is 0 Å². The van der Waals surface area contributed by atoms with Gasteiger partial charge in [-0.2, -0.15) is 0 Å². The van der Waals surface area contributed by atoms with E-state index in [0.717, 1.165) is 0 Å². The van der Waals surface area contributed by atoms with Gasteiger partial charge in [-0.25, -0.2) is 9.59 Å². The zero-order valence-corrected chi connectivity index (χ0v) is 15.6. The number of rotatable bonds is 2. The molecule has 142 valence electrons. The second-order valence-corrected chi connectivity index (χ2v) is 6.82. The van der Waals surface area contributed by atoms with Crippen LogP contribution < -0.4 is 0 Å². The van der Waals surface area contributed by atoms with Gasteiger partial charge in [0.25, 0.3) is 0 Å². The van der Waals surface area contributed by atoms with Gasteiger partial charge in [0.2, 0.25) is 0 Å². The predicted octanol–water partition coefficient (Wildman–Crippen LogP) is 1.98. The van der Waals surface area contributed by atoms with Crippen molar-refractivity contribution in [3.63, 3.8) is 0 Å². The van der Waals surface area contributed by atoms with Crippen LogP contribution in [0.2, 0.25) is 0 Å². The standard InChI is InChI=1S/C20H26O6/c1-6-10(2)19(23)26-18-11(3)7-8-14(21)12(4)9-15-16(17(18)22)13(5)20(24)25-15/h6-7,9,14-18,21-22H,5,8H2,1-4H3/b10-6-,11-7-,12-9+/t14-,15-,16+,17-,18+/m1/s1. The molecule has 2 N–H and O–H groups in total. The molecule has 6 heteroatoms. The van der Waals surface area contributed by atoms with Crippen molar-refractivity contribution in [3.8, 4) is 0 Å². The first-order chi connectivity index (χ1) is 12.2. The lowest BCUT2D eigenvalue weighted by Crippen LogP contribution is -2.42. The zero-order valence-electron chi connectivity index (χ0n) is 15.6. The second kappa shape index (κ2) is 8.01. The van der Waals surface area contributed by atoms with Crippen LogP contribution in [0.1, 0.15) is 34.1 Å². The Morgan fingerprint density at radius 3 is 2.62 bits per heavy atom. The molecule has 0 bridgehead atoms. The summed E-state index contributed by atoms with van der Waals surface area (Å²) in [7, 11) is 0. The maximum atomic E-state index is 12.2. The topological polar surface area (TPSA) is 93.1 Å². The van der Waals surface area contributed by atoms with E-state index in [1.54, 1.807) is 45.9 Å². The molecule has 0 aromatic heterocycles. The Kier molecular flexibility index (Phi) is 6.21. The highest BCUT2D eigenvalue weighted by molar-refractivity contribution is 5.91. The fourth-order valence-corrected chi connectivity index (χ4v) is 3.06. The minimum Gasteiger partial charge on any atom is -0.454 e. The van der Waals surface area contributed by atoms with Crippen molar-refractivity contribution in [1.82, 2.24) is 0 Å². The van der Waals surface area contributed by atoms with Crippen LogP contribution in [0.5, 0.6) is 0 Å². The van der Waals surface area contributed by atoms with Crippen LogP contribution in [0, 0.1) is 5.92 Å². The van der Waals surface area contributed by atoms with Crippen LogP contribution >= 0.6 is 0 Å². The van der Waals surface area contributed by atoms with Gasteiger partial charge >= 0.3 is 11.9 Å². The summed E-state index contributed by atoms with van der Waals surface area (Å²) >= 11 is 0. The number of aliphatic hydroxyl groups is 2. The van der Waals surface area contributed by atoms with E-state index in [1.807, 2.05) is 0 Å². The van der Waals surface area contributed by atoms with E-state index in [2.05, 4.69) is 6.58 Å². The Labute approximate surface area is 153 Å². The predicted molar refractivity (Wildman–Crippen MR) is 96.0 cm³/mol. The molecule has 6 nitrogen and oxygen atoms in total. The SMILES string of the molecule is C=C1C(=O)O[C@@H]2/C=C(\C)[C@H](O)C/C=C(/C)[C@H](OC(=O)/C(C)=C\C)[C@H](O)[C@@H]12. The molecule has 0 unspecified atom stereocenters. The molecular weight excluding hydrogens is 336 g/mol. The van der Waals surface area contributed by atoms with Crippen molar-refractivity contribution in [3.05, 3.63) is 47.1 Å². The molecule has 2 rings (SSSR count). The van der Waals surface area contributed by atoms with Crippen molar-refractivity contribution < 1.29 is 29.3 Å². The molecule has 2 aliphatic rings. The number of fused-ring (bicyclic) bond motifs is 1. The number of hydrogen-bond donors (Lipinski definition) is 2. The third-order valence-corrected chi connectivity index (χ3v) is 4.99. The number of esters is 2. The van der Waals surface area contributed by atoms with Crippen molar-refractivity contribution in [1.29, 1.82) is 0 Å². The molecule has 1 aliphatic heterocycles. The molecule has 0 aromatic rings. The summed E-state index contributed by atoms with van der Waals surface area (Å²) in [6, 6.07) is 0. The van der Waals surface area contributed by atoms with Crippen molar-refractivity contribution in [2.45, 2.75) is 58.5 Å². The fourth-order valence-electron chi connectivity index (χ4n) is 3.06. The summed E-state index contributed by atoms with van der Waals surface area (Å²) in [6.07, 6.45) is 1.56. The quantitative estimate of drug-likeness (QED) is 0.443. The van der Waals surface area contributed by atoms with E-state index in [1.165, 1.54) is 0 Å². The highest BCUT2D eigenvalue weighted by Gasteiger charge is 2.46. The van der Waals surface area contributed by atoms with Crippen LogP contribution in [-0.4, -0.2) is 46.6 Å². The molecule has 1 saturated heterocycles. The normalized spacial score (nSPS) is 37.0. The van der Waals surface area contributed by atoms with Gasteiger partial charge in [-0.3, -0.25) is 0 Å². The molecule has 1 heterocycles. The third kappa shape index (κ3) is 3.97. The van der Waals surface area contributed by atoms with Gasteiger partial charge in [0, 0.05) is 11.1 Å². The molecule has 1 fully saturated rings. The number of aliphatic hydroxyl groups excluding tert-OH is 2. The first-order valence-corrected chi connectivity index (χ1v) is 8.62. The number of allylic oxidation sites excluding steroid dienone is 1. The molecule has 0 spiro atoms. The summed E-state index contributed by atoms with van der Waals surface area (Å²) in [5.41, 5.74) is 1.76. The molecular formula is C20H26O6. The minimum atomic E-state index is -1.21. The van der Waals surface area contributed by atoms with E-state index < -0.39 is 42.3 Å². The maximum Gasteiger partial charge on any atom is 0.334 e. The van der Waals surface area contributed by atoms with Gasteiger partial charge in [-0.1, -0.05) is 18.7 Å². The fraction of sp³-hybridized carbons (Fsp3) is 0.500. The second-order valence-electron chi connectivity index (χ2n) is 6.82. The molecule has 0 aromatic carbocycles. The Morgan fingerprint density at radius 2 is 2.00 bits per heavy atom. The Balaban J connectivity index is 2.46. The van der Waals surface area contributed by atoms with E-state index in [4.69, 9.17) is 9.47 Å². The summed E-state index contributed by atoms with van der Waals surface area (Å²) in [5.74, 6) is -1.93. The molecule has 0 amide bonds. The van der Waals surface area contributed by atoms with E-state index in [-0.39, 0.29) is 5.57 Å². The van der Waals surface area contributed by atoms with Crippen LogP contribution in [0.15, 0.2) is 47.1 Å². The summed E-state index contributed by atoms with van der Waals surface area (Å²) in [5, 5.41) is 21.2. The molecule has 1 aliphatic carbocycles. The summed E-state index contributed by atoms with van der Waals surface area (Å²) in [6.45, 7) is 10.5. The zero-order chi connectivity index (χ0) is 19.6. The van der Waals surface area contributed by atoms with Gasteiger partial charge in [0.1, 0.15) is 18.3 Å². The number of hydrogen-bond acceptors (Lipinski definition) is 6. The third-order valence-electron chi connectivity index (χ3n) is 4.99. The summed E-state index contributed by atoms with van der Waals surface area (Å²) < 4.78 is 10.8. The average molecular weight is 362 g/mol. The Hall–Kier alpha value is -2.18. The van der Waals surface area contributed by atoms with Crippen LogP contribution in [0.4, 0.5) is 0 Å².